The normalized spacial score (nSPS) is 21.2. The van der Waals surface area contributed by atoms with Crippen molar-refractivity contribution in [2.24, 2.45) is 5.73 Å². The molecule has 0 radical (unpaired) electrons. The van der Waals surface area contributed by atoms with Crippen molar-refractivity contribution in [1.29, 1.82) is 0 Å². The van der Waals surface area contributed by atoms with Crippen molar-refractivity contribution in [1.82, 2.24) is 4.31 Å². The minimum atomic E-state index is -3.58. The van der Waals surface area contributed by atoms with Gasteiger partial charge in [0.05, 0.1) is 15.5 Å². The summed E-state index contributed by atoms with van der Waals surface area (Å²) in [7, 11) is -6.90. The molecule has 1 heterocycles. The zero-order chi connectivity index (χ0) is 15.0. The zero-order valence-electron chi connectivity index (χ0n) is 11.2. The van der Waals surface area contributed by atoms with Crippen LogP contribution in [0.25, 0.3) is 0 Å². The Labute approximate surface area is 119 Å². The predicted molar refractivity (Wildman–Crippen MR) is 75.5 cm³/mol. The van der Waals surface area contributed by atoms with Gasteiger partial charge >= 0.3 is 0 Å². The van der Waals surface area contributed by atoms with Crippen molar-refractivity contribution in [3.05, 3.63) is 24.3 Å². The molecule has 0 aromatic heterocycles. The number of sulfone groups is 1. The fourth-order valence-electron chi connectivity index (χ4n) is 2.11. The standard InChI is InChI=1S/C12H18N2O4S2/c1-2-19(15,16)11-3-5-12(6-4-11)20(17,18)14-8-7-10(13)9-14/h3-6,10H,2,7-9,13H2,1H3/t10-/m0/s1. The fourth-order valence-corrected chi connectivity index (χ4v) is 4.50. The van der Waals surface area contributed by atoms with Gasteiger partial charge in [0.1, 0.15) is 0 Å². The molecular weight excluding hydrogens is 300 g/mol. The Bertz CT molecular complexity index is 681. The van der Waals surface area contributed by atoms with Crippen molar-refractivity contribution in [3.63, 3.8) is 0 Å². The van der Waals surface area contributed by atoms with Gasteiger partial charge in [0.15, 0.2) is 9.84 Å². The maximum absolute atomic E-state index is 12.3. The van der Waals surface area contributed by atoms with Gasteiger partial charge in [-0.1, -0.05) is 6.92 Å². The van der Waals surface area contributed by atoms with Crippen LogP contribution >= 0.6 is 0 Å². The lowest BCUT2D eigenvalue weighted by Crippen LogP contribution is -2.31. The highest BCUT2D eigenvalue weighted by Crippen LogP contribution is 2.22. The van der Waals surface area contributed by atoms with Crippen LogP contribution in [0.2, 0.25) is 0 Å². The maximum Gasteiger partial charge on any atom is 0.243 e. The quantitative estimate of drug-likeness (QED) is 0.855. The fraction of sp³-hybridized carbons (Fsp3) is 0.500. The van der Waals surface area contributed by atoms with Gasteiger partial charge in [-0.2, -0.15) is 4.31 Å². The smallest absolute Gasteiger partial charge is 0.243 e. The molecule has 0 aliphatic carbocycles. The summed E-state index contributed by atoms with van der Waals surface area (Å²) in [5.74, 6) is -0.0138. The second-order valence-electron chi connectivity index (χ2n) is 4.79. The molecule has 1 fully saturated rings. The third-order valence-corrected chi connectivity index (χ3v) is 7.02. The summed E-state index contributed by atoms with van der Waals surface area (Å²) in [5.41, 5.74) is 5.71. The molecule has 0 bridgehead atoms. The summed E-state index contributed by atoms with van der Waals surface area (Å²) in [5, 5.41) is 0. The van der Waals surface area contributed by atoms with Crippen LogP contribution in [0.5, 0.6) is 0 Å². The van der Waals surface area contributed by atoms with Crippen molar-refractivity contribution in [2.75, 3.05) is 18.8 Å². The second kappa shape index (κ2) is 5.44. The van der Waals surface area contributed by atoms with Gasteiger partial charge in [-0.05, 0) is 30.7 Å². The highest BCUT2D eigenvalue weighted by molar-refractivity contribution is 7.91. The molecule has 0 spiro atoms. The SMILES string of the molecule is CCS(=O)(=O)c1ccc(S(=O)(=O)N2CC[C@H](N)C2)cc1. The highest BCUT2D eigenvalue weighted by atomic mass is 32.2. The van der Waals surface area contributed by atoms with Crippen LogP contribution in [0.1, 0.15) is 13.3 Å². The van der Waals surface area contributed by atoms with E-state index in [-0.39, 0.29) is 21.6 Å². The van der Waals surface area contributed by atoms with E-state index in [4.69, 9.17) is 5.73 Å². The lowest BCUT2D eigenvalue weighted by Gasteiger charge is -2.16. The molecule has 1 aromatic rings. The summed E-state index contributed by atoms with van der Waals surface area (Å²) < 4.78 is 49.4. The number of sulfonamides is 1. The first-order chi connectivity index (χ1) is 9.27. The summed E-state index contributed by atoms with van der Waals surface area (Å²) in [6.45, 7) is 2.25. The average Bonchev–Trinajstić information content (AvgIpc) is 2.86. The maximum atomic E-state index is 12.3. The first kappa shape index (κ1) is 15.4. The largest absolute Gasteiger partial charge is 0.326 e. The lowest BCUT2D eigenvalue weighted by molar-refractivity contribution is 0.472. The number of nitrogens with two attached hydrogens (primary N) is 1. The molecule has 112 valence electrons. The average molecular weight is 318 g/mol. The molecule has 1 aromatic carbocycles. The van der Waals surface area contributed by atoms with Gasteiger partial charge in [0.2, 0.25) is 10.0 Å². The van der Waals surface area contributed by atoms with Gasteiger partial charge in [-0.25, -0.2) is 16.8 Å². The molecule has 1 aliphatic heterocycles. The number of benzene rings is 1. The van der Waals surface area contributed by atoms with Crippen molar-refractivity contribution < 1.29 is 16.8 Å². The third kappa shape index (κ3) is 2.88. The molecule has 20 heavy (non-hydrogen) atoms. The van der Waals surface area contributed by atoms with Gasteiger partial charge in [-0.3, -0.25) is 0 Å². The van der Waals surface area contributed by atoms with E-state index in [1.54, 1.807) is 6.92 Å². The number of hydrogen-bond acceptors (Lipinski definition) is 5. The summed E-state index contributed by atoms with van der Waals surface area (Å²) in [6.07, 6.45) is 0.640. The molecule has 2 rings (SSSR count). The van der Waals surface area contributed by atoms with E-state index in [1.807, 2.05) is 0 Å². The number of hydrogen-bond donors (Lipinski definition) is 1. The van der Waals surface area contributed by atoms with E-state index in [9.17, 15) is 16.8 Å². The zero-order valence-corrected chi connectivity index (χ0v) is 12.8. The molecule has 0 unspecified atom stereocenters. The van der Waals surface area contributed by atoms with Gasteiger partial charge in [-0.15, -0.1) is 0 Å². The molecule has 1 atom stereocenters. The van der Waals surface area contributed by atoms with E-state index in [2.05, 4.69) is 0 Å². The topological polar surface area (TPSA) is 97.5 Å². The summed E-state index contributed by atoms with van der Waals surface area (Å²) in [6, 6.07) is 5.21. The monoisotopic (exact) mass is 318 g/mol. The molecule has 1 aliphatic rings. The van der Waals surface area contributed by atoms with Crippen molar-refractivity contribution in [3.8, 4) is 0 Å². The molecule has 0 amide bonds. The van der Waals surface area contributed by atoms with Crippen LogP contribution in [0, 0.1) is 0 Å². The minimum absolute atomic E-state index is 0.0138. The van der Waals surface area contributed by atoms with Crippen LogP contribution in [0.3, 0.4) is 0 Å². The second-order valence-corrected chi connectivity index (χ2v) is 9.00. The Balaban J connectivity index is 2.30. The van der Waals surface area contributed by atoms with E-state index >= 15 is 0 Å². The Morgan fingerprint density at radius 2 is 1.70 bits per heavy atom. The van der Waals surface area contributed by atoms with Gasteiger partial charge in [0, 0.05) is 19.1 Å². The highest BCUT2D eigenvalue weighted by Gasteiger charge is 2.31. The predicted octanol–water partition coefficient (Wildman–Crippen LogP) is 0.202. The first-order valence-electron chi connectivity index (χ1n) is 6.36. The molecule has 0 saturated carbocycles. The van der Waals surface area contributed by atoms with E-state index in [1.165, 1.54) is 28.6 Å². The summed E-state index contributed by atoms with van der Waals surface area (Å²) in [4.78, 5) is 0.235. The lowest BCUT2D eigenvalue weighted by atomic mass is 10.3. The van der Waals surface area contributed by atoms with Gasteiger partial charge in [0.25, 0.3) is 0 Å². The Hall–Kier alpha value is -0.960. The Morgan fingerprint density at radius 3 is 2.15 bits per heavy atom. The Kier molecular flexibility index (Phi) is 4.19. The van der Waals surface area contributed by atoms with E-state index in [0.717, 1.165) is 0 Å². The van der Waals surface area contributed by atoms with Crippen molar-refractivity contribution in [2.45, 2.75) is 29.2 Å². The molecule has 8 heteroatoms. The van der Waals surface area contributed by atoms with Gasteiger partial charge < -0.3 is 5.73 Å². The van der Waals surface area contributed by atoms with E-state index < -0.39 is 19.9 Å². The van der Waals surface area contributed by atoms with E-state index in [0.29, 0.717) is 19.5 Å². The molecule has 2 N–H and O–H groups in total. The van der Waals surface area contributed by atoms with Crippen molar-refractivity contribution >= 4 is 19.9 Å². The number of rotatable bonds is 4. The van der Waals surface area contributed by atoms with Crippen LogP contribution in [-0.4, -0.2) is 46.0 Å². The summed E-state index contributed by atoms with van der Waals surface area (Å²) >= 11 is 0. The number of nitrogens with zero attached hydrogens (tertiary/aromatic N) is 1. The Morgan fingerprint density at radius 1 is 1.15 bits per heavy atom. The van der Waals surface area contributed by atoms with Crippen LogP contribution in [0.15, 0.2) is 34.1 Å². The first-order valence-corrected chi connectivity index (χ1v) is 9.45. The minimum Gasteiger partial charge on any atom is -0.326 e. The molecule has 1 saturated heterocycles. The van der Waals surface area contributed by atoms with Crippen LogP contribution in [0.4, 0.5) is 0 Å². The molecular formula is C12H18N2O4S2. The van der Waals surface area contributed by atoms with Crippen LogP contribution in [-0.2, 0) is 19.9 Å². The van der Waals surface area contributed by atoms with Crippen LogP contribution < -0.4 is 5.73 Å². The third-order valence-electron chi connectivity index (χ3n) is 3.39. The molecule has 6 nitrogen and oxygen atoms in total.